The largest absolute Gasteiger partial charge is 0.401 e. The van der Waals surface area contributed by atoms with Crippen LogP contribution in [0, 0.1) is 0 Å². The number of nitrogens with zero attached hydrogens (tertiary/aromatic N) is 1. The minimum absolute atomic E-state index is 0.104. The van der Waals surface area contributed by atoms with Crippen LogP contribution < -0.4 is 5.32 Å². The van der Waals surface area contributed by atoms with Crippen molar-refractivity contribution in [1.82, 2.24) is 10.2 Å². The summed E-state index contributed by atoms with van der Waals surface area (Å²) in [7, 11) is 1.51. The van der Waals surface area contributed by atoms with E-state index in [2.05, 4.69) is 12.2 Å². The molecule has 1 aromatic carbocycles. The summed E-state index contributed by atoms with van der Waals surface area (Å²) in [6.45, 7) is 2.49. The van der Waals surface area contributed by atoms with E-state index < -0.39 is 12.7 Å². The van der Waals surface area contributed by atoms with Crippen molar-refractivity contribution < 1.29 is 13.2 Å². The normalized spacial score (nSPS) is 13.7. The molecule has 0 aliphatic heterocycles. The third kappa shape index (κ3) is 6.91. The zero-order valence-electron chi connectivity index (χ0n) is 12.1. The van der Waals surface area contributed by atoms with Gasteiger partial charge in [0.25, 0.3) is 0 Å². The first kappa shape index (κ1) is 17.0. The van der Waals surface area contributed by atoms with E-state index in [0.717, 1.165) is 18.5 Å². The third-order valence-corrected chi connectivity index (χ3v) is 3.09. The SMILES string of the molecule is CCCNC(CCN(C)CC(F)(F)F)c1ccccc1. The van der Waals surface area contributed by atoms with Crippen LogP contribution in [-0.4, -0.2) is 37.8 Å². The van der Waals surface area contributed by atoms with Crippen LogP contribution in [0.25, 0.3) is 0 Å². The summed E-state index contributed by atoms with van der Waals surface area (Å²) < 4.78 is 36.9. The van der Waals surface area contributed by atoms with E-state index in [0.29, 0.717) is 13.0 Å². The fourth-order valence-electron chi connectivity index (χ4n) is 2.13. The van der Waals surface area contributed by atoms with Crippen LogP contribution in [-0.2, 0) is 0 Å². The highest BCUT2D eigenvalue weighted by Gasteiger charge is 2.29. The highest BCUT2D eigenvalue weighted by molar-refractivity contribution is 5.18. The Kier molecular flexibility index (Phi) is 7.02. The lowest BCUT2D eigenvalue weighted by molar-refractivity contribution is -0.143. The van der Waals surface area contributed by atoms with Crippen molar-refractivity contribution in [2.75, 3.05) is 26.7 Å². The van der Waals surface area contributed by atoms with Crippen molar-refractivity contribution in [2.45, 2.75) is 32.0 Å². The Morgan fingerprint density at radius 1 is 1.20 bits per heavy atom. The van der Waals surface area contributed by atoms with Crippen molar-refractivity contribution in [3.8, 4) is 0 Å². The minimum Gasteiger partial charge on any atom is -0.310 e. The number of hydrogen-bond donors (Lipinski definition) is 1. The molecule has 0 aromatic heterocycles. The molecule has 0 amide bonds. The molecule has 20 heavy (non-hydrogen) atoms. The van der Waals surface area contributed by atoms with E-state index >= 15 is 0 Å². The van der Waals surface area contributed by atoms with E-state index in [1.54, 1.807) is 0 Å². The first-order valence-electron chi connectivity index (χ1n) is 6.96. The average Bonchev–Trinajstić information content (AvgIpc) is 2.38. The van der Waals surface area contributed by atoms with Gasteiger partial charge in [-0.1, -0.05) is 37.3 Å². The fourth-order valence-corrected chi connectivity index (χ4v) is 2.13. The summed E-state index contributed by atoms with van der Waals surface area (Å²) in [5.74, 6) is 0. The second-order valence-electron chi connectivity index (χ2n) is 5.06. The second kappa shape index (κ2) is 8.27. The van der Waals surface area contributed by atoms with Crippen LogP contribution in [0.5, 0.6) is 0 Å². The molecule has 5 heteroatoms. The van der Waals surface area contributed by atoms with Crippen molar-refractivity contribution in [1.29, 1.82) is 0 Å². The highest BCUT2D eigenvalue weighted by Crippen LogP contribution is 2.19. The zero-order valence-corrected chi connectivity index (χ0v) is 12.1. The Morgan fingerprint density at radius 3 is 2.40 bits per heavy atom. The van der Waals surface area contributed by atoms with Crippen molar-refractivity contribution >= 4 is 0 Å². The van der Waals surface area contributed by atoms with Crippen LogP contribution in [0.4, 0.5) is 13.2 Å². The summed E-state index contributed by atoms with van der Waals surface area (Å²) >= 11 is 0. The van der Waals surface area contributed by atoms with E-state index in [1.165, 1.54) is 11.9 Å². The van der Waals surface area contributed by atoms with Crippen LogP contribution in [0.15, 0.2) is 30.3 Å². The van der Waals surface area contributed by atoms with Gasteiger partial charge in [-0.2, -0.15) is 13.2 Å². The molecule has 1 rings (SSSR count). The van der Waals surface area contributed by atoms with Gasteiger partial charge in [0.05, 0.1) is 6.54 Å². The third-order valence-electron chi connectivity index (χ3n) is 3.09. The molecule has 0 aliphatic rings. The van der Waals surface area contributed by atoms with Crippen molar-refractivity contribution in [2.24, 2.45) is 0 Å². The Balaban J connectivity index is 2.53. The maximum atomic E-state index is 12.3. The van der Waals surface area contributed by atoms with Gasteiger partial charge >= 0.3 is 6.18 Å². The predicted octanol–water partition coefficient (Wildman–Crippen LogP) is 3.61. The molecular weight excluding hydrogens is 265 g/mol. The smallest absolute Gasteiger partial charge is 0.310 e. The lowest BCUT2D eigenvalue weighted by Gasteiger charge is -2.23. The van der Waals surface area contributed by atoms with Crippen molar-refractivity contribution in [3.63, 3.8) is 0 Å². The molecule has 1 atom stereocenters. The number of benzene rings is 1. The standard InChI is InChI=1S/C15H23F3N2/c1-3-10-19-14(13-7-5-4-6-8-13)9-11-20(2)12-15(16,17)18/h4-8,14,19H,3,9-12H2,1-2H3. The first-order chi connectivity index (χ1) is 9.42. The fraction of sp³-hybridized carbons (Fsp3) is 0.600. The molecular formula is C15H23F3N2. The van der Waals surface area contributed by atoms with Gasteiger partial charge in [-0.3, -0.25) is 4.90 Å². The topological polar surface area (TPSA) is 15.3 Å². The molecule has 0 spiro atoms. The second-order valence-corrected chi connectivity index (χ2v) is 5.06. The van der Waals surface area contributed by atoms with Crippen LogP contribution in [0.2, 0.25) is 0 Å². The Bertz CT molecular complexity index is 365. The van der Waals surface area contributed by atoms with E-state index in [1.807, 2.05) is 30.3 Å². The minimum atomic E-state index is -4.13. The molecule has 114 valence electrons. The van der Waals surface area contributed by atoms with Gasteiger partial charge < -0.3 is 5.32 Å². The summed E-state index contributed by atoms with van der Waals surface area (Å²) in [4.78, 5) is 1.32. The summed E-state index contributed by atoms with van der Waals surface area (Å²) in [5, 5.41) is 3.40. The van der Waals surface area contributed by atoms with Gasteiger partial charge in [0.15, 0.2) is 0 Å². The van der Waals surface area contributed by atoms with Crippen molar-refractivity contribution in [3.05, 3.63) is 35.9 Å². The zero-order chi connectivity index (χ0) is 15.0. The van der Waals surface area contributed by atoms with Gasteiger partial charge in [-0.15, -0.1) is 0 Å². The number of rotatable bonds is 8. The maximum absolute atomic E-state index is 12.3. The molecule has 0 bridgehead atoms. The quantitative estimate of drug-likeness (QED) is 0.786. The number of alkyl halides is 3. The van der Waals surface area contributed by atoms with Crippen LogP contribution in [0.3, 0.4) is 0 Å². The Labute approximate surface area is 119 Å². The Morgan fingerprint density at radius 2 is 1.85 bits per heavy atom. The predicted molar refractivity (Wildman–Crippen MR) is 75.6 cm³/mol. The maximum Gasteiger partial charge on any atom is 0.401 e. The molecule has 0 fully saturated rings. The van der Waals surface area contributed by atoms with Gasteiger partial charge in [-0.05, 0) is 38.5 Å². The molecule has 1 N–H and O–H groups in total. The lowest BCUT2D eigenvalue weighted by Crippen LogP contribution is -2.34. The number of halogens is 3. The molecule has 0 heterocycles. The highest BCUT2D eigenvalue weighted by atomic mass is 19.4. The first-order valence-corrected chi connectivity index (χ1v) is 6.96. The monoisotopic (exact) mass is 288 g/mol. The summed E-state index contributed by atoms with van der Waals surface area (Å²) in [5.41, 5.74) is 1.13. The Hall–Kier alpha value is -1.07. The van der Waals surface area contributed by atoms with E-state index in [9.17, 15) is 13.2 Å². The molecule has 0 radical (unpaired) electrons. The lowest BCUT2D eigenvalue weighted by atomic mass is 10.0. The van der Waals surface area contributed by atoms with E-state index in [4.69, 9.17) is 0 Å². The van der Waals surface area contributed by atoms with E-state index in [-0.39, 0.29) is 6.04 Å². The molecule has 0 saturated carbocycles. The van der Waals surface area contributed by atoms with Gasteiger partial charge in [-0.25, -0.2) is 0 Å². The van der Waals surface area contributed by atoms with Gasteiger partial charge in [0.2, 0.25) is 0 Å². The van der Waals surface area contributed by atoms with Crippen LogP contribution in [0.1, 0.15) is 31.4 Å². The molecule has 0 saturated heterocycles. The molecule has 1 unspecified atom stereocenters. The summed E-state index contributed by atoms with van der Waals surface area (Å²) in [6.07, 6.45) is -2.47. The number of hydrogen-bond acceptors (Lipinski definition) is 2. The molecule has 2 nitrogen and oxygen atoms in total. The summed E-state index contributed by atoms with van der Waals surface area (Å²) in [6, 6.07) is 9.97. The van der Waals surface area contributed by atoms with Gasteiger partial charge in [0.1, 0.15) is 0 Å². The molecule has 1 aromatic rings. The number of nitrogens with one attached hydrogen (secondary N) is 1. The molecule has 0 aliphatic carbocycles. The average molecular weight is 288 g/mol. The van der Waals surface area contributed by atoms with Crippen LogP contribution >= 0.6 is 0 Å². The van der Waals surface area contributed by atoms with Gasteiger partial charge in [0, 0.05) is 6.04 Å².